The van der Waals surface area contributed by atoms with E-state index in [1.54, 1.807) is 12.1 Å². The quantitative estimate of drug-likeness (QED) is 0.631. The van der Waals surface area contributed by atoms with Crippen molar-refractivity contribution in [1.29, 1.82) is 0 Å². The van der Waals surface area contributed by atoms with Crippen LogP contribution in [0.4, 0.5) is 5.69 Å². The molecule has 2 aromatic rings. The first-order valence-electron chi connectivity index (χ1n) is 7.79. The zero-order valence-electron chi connectivity index (χ0n) is 13.3. The van der Waals surface area contributed by atoms with Crippen LogP contribution < -0.4 is 4.90 Å². The number of carbonyl (C=O) groups excluding carboxylic acids is 2. The van der Waals surface area contributed by atoms with Crippen molar-refractivity contribution in [2.45, 2.75) is 26.2 Å². The van der Waals surface area contributed by atoms with Gasteiger partial charge in [-0.3, -0.25) is 9.59 Å². The van der Waals surface area contributed by atoms with Crippen LogP contribution in [0.2, 0.25) is 0 Å². The summed E-state index contributed by atoms with van der Waals surface area (Å²) in [7, 11) is 0. The van der Waals surface area contributed by atoms with Gasteiger partial charge in [0.05, 0.1) is 12.1 Å². The Morgan fingerprint density at radius 1 is 0.957 bits per heavy atom. The molecule has 0 spiro atoms. The smallest absolute Gasteiger partial charge is 0.261 e. The predicted molar refractivity (Wildman–Crippen MR) is 92.1 cm³/mol. The highest BCUT2D eigenvalue weighted by Crippen LogP contribution is 2.27. The van der Waals surface area contributed by atoms with Gasteiger partial charge >= 0.3 is 0 Å². The standard InChI is InChI=1S/C20H19NO2/c1-14(2)16-10-8-15(9-11-16)12-17-13-19(22)21(20(17)23)18-6-4-3-5-7-18/h3-12,14H,13H2,1-2H3/b17-12-. The Kier molecular flexibility index (Phi) is 4.11. The zero-order chi connectivity index (χ0) is 16.4. The lowest BCUT2D eigenvalue weighted by Crippen LogP contribution is -2.28. The van der Waals surface area contributed by atoms with Gasteiger partial charge in [0, 0.05) is 5.57 Å². The van der Waals surface area contributed by atoms with Crippen molar-refractivity contribution in [3.05, 3.63) is 71.3 Å². The number of imide groups is 1. The predicted octanol–water partition coefficient (Wildman–Crippen LogP) is 4.16. The van der Waals surface area contributed by atoms with E-state index in [4.69, 9.17) is 0 Å². The summed E-state index contributed by atoms with van der Waals surface area (Å²) >= 11 is 0. The number of carbonyl (C=O) groups is 2. The average molecular weight is 305 g/mol. The molecule has 1 aliphatic rings. The first kappa shape index (κ1) is 15.2. The third kappa shape index (κ3) is 3.09. The van der Waals surface area contributed by atoms with Gasteiger partial charge in [-0.05, 0) is 35.3 Å². The van der Waals surface area contributed by atoms with E-state index in [1.807, 2.05) is 36.4 Å². The van der Waals surface area contributed by atoms with Crippen molar-refractivity contribution >= 4 is 23.6 Å². The van der Waals surface area contributed by atoms with E-state index < -0.39 is 0 Å². The van der Waals surface area contributed by atoms with E-state index in [9.17, 15) is 9.59 Å². The molecule has 1 aliphatic heterocycles. The highest BCUT2D eigenvalue weighted by Gasteiger charge is 2.34. The minimum absolute atomic E-state index is 0.152. The second kappa shape index (κ2) is 6.21. The molecule has 0 unspecified atom stereocenters. The minimum atomic E-state index is -0.228. The van der Waals surface area contributed by atoms with Gasteiger partial charge in [-0.15, -0.1) is 0 Å². The number of rotatable bonds is 3. The molecule has 0 aromatic heterocycles. The van der Waals surface area contributed by atoms with Crippen LogP contribution in [0.5, 0.6) is 0 Å². The van der Waals surface area contributed by atoms with Gasteiger partial charge in [-0.2, -0.15) is 0 Å². The molecule has 0 radical (unpaired) electrons. The van der Waals surface area contributed by atoms with Crippen molar-refractivity contribution in [2.24, 2.45) is 0 Å². The Morgan fingerprint density at radius 2 is 1.61 bits per heavy atom. The third-order valence-electron chi connectivity index (χ3n) is 4.03. The number of para-hydroxylation sites is 1. The van der Waals surface area contributed by atoms with Crippen LogP contribution in [0.25, 0.3) is 6.08 Å². The van der Waals surface area contributed by atoms with Gasteiger partial charge in [-0.1, -0.05) is 56.3 Å². The van der Waals surface area contributed by atoms with Crippen molar-refractivity contribution in [3.8, 4) is 0 Å². The van der Waals surface area contributed by atoms with E-state index in [1.165, 1.54) is 10.5 Å². The molecule has 1 fully saturated rings. The van der Waals surface area contributed by atoms with E-state index in [0.717, 1.165) is 5.56 Å². The molecule has 1 saturated heterocycles. The van der Waals surface area contributed by atoms with E-state index in [-0.39, 0.29) is 18.2 Å². The van der Waals surface area contributed by atoms with Crippen LogP contribution in [0.3, 0.4) is 0 Å². The molecule has 0 saturated carbocycles. The first-order valence-corrected chi connectivity index (χ1v) is 7.79. The van der Waals surface area contributed by atoms with Crippen LogP contribution in [0, 0.1) is 0 Å². The summed E-state index contributed by atoms with van der Waals surface area (Å²) in [6.07, 6.45) is 1.97. The Bertz CT molecular complexity index is 758. The maximum Gasteiger partial charge on any atom is 0.261 e. The van der Waals surface area contributed by atoms with Gasteiger partial charge in [0.1, 0.15) is 0 Å². The molecule has 2 amide bonds. The number of anilines is 1. The summed E-state index contributed by atoms with van der Waals surface area (Å²) in [6, 6.07) is 17.2. The molecule has 1 heterocycles. The molecule has 3 heteroatoms. The van der Waals surface area contributed by atoms with Crippen molar-refractivity contribution in [1.82, 2.24) is 0 Å². The zero-order valence-corrected chi connectivity index (χ0v) is 13.3. The maximum atomic E-state index is 12.5. The summed E-state index contributed by atoms with van der Waals surface area (Å²) in [5, 5.41) is 0. The Morgan fingerprint density at radius 3 is 2.22 bits per heavy atom. The highest BCUT2D eigenvalue weighted by atomic mass is 16.2. The van der Waals surface area contributed by atoms with Gasteiger partial charge < -0.3 is 0 Å². The lowest BCUT2D eigenvalue weighted by molar-refractivity contribution is -0.120. The third-order valence-corrected chi connectivity index (χ3v) is 4.03. The number of amides is 2. The largest absolute Gasteiger partial charge is 0.274 e. The number of hydrogen-bond donors (Lipinski definition) is 0. The van der Waals surface area contributed by atoms with E-state index in [2.05, 4.69) is 26.0 Å². The Balaban J connectivity index is 1.87. The molecule has 23 heavy (non-hydrogen) atoms. The van der Waals surface area contributed by atoms with Gasteiger partial charge in [-0.25, -0.2) is 4.90 Å². The fourth-order valence-corrected chi connectivity index (χ4v) is 2.70. The molecule has 0 atom stereocenters. The van der Waals surface area contributed by atoms with Crippen molar-refractivity contribution in [2.75, 3.05) is 4.90 Å². The Hall–Kier alpha value is -2.68. The van der Waals surface area contributed by atoms with Crippen LogP contribution >= 0.6 is 0 Å². The fraction of sp³-hybridized carbons (Fsp3) is 0.200. The van der Waals surface area contributed by atoms with E-state index in [0.29, 0.717) is 17.2 Å². The van der Waals surface area contributed by atoms with E-state index >= 15 is 0 Å². The molecule has 0 aliphatic carbocycles. The molecule has 3 rings (SSSR count). The SMILES string of the molecule is CC(C)c1ccc(/C=C2/CC(=O)N(c3ccccc3)C2=O)cc1. The molecular formula is C20H19NO2. The number of benzene rings is 2. The maximum absolute atomic E-state index is 12.5. The van der Waals surface area contributed by atoms with Crippen LogP contribution in [-0.4, -0.2) is 11.8 Å². The summed E-state index contributed by atoms with van der Waals surface area (Å²) in [5.74, 6) is 0.0698. The molecule has 2 aromatic carbocycles. The summed E-state index contributed by atoms with van der Waals surface area (Å²) in [5.41, 5.74) is 3.37. The fourth-order valence-electron chi connectivity index (χ4n) is 2.70. The highest BCUT2D eigenvalue weighted by molar-refractivity contribution is 6.29. The number of nitrogens with zero attached hydrogens (tertiary/aromatic N) is 1. The first-order chi connectivity index (χ1) is 11.1. The Labute approximate surface area is 136 Å². The topological polar surface area (TPSA) is 37.4 Å². The van der Waals surface area contributed by atoms with Gasteiger partial charge in [0.25, 0.3) is 5.91 Å². The summed E-state index contributed by atoms with van der Waals surface area (Å²) < 4.78 is 0. The lowest BCUT2D eigenvalue weighted by Gasteiger charge is -2.12. The molecule has 0 bridgehead atoms. The lowest BCUT2D eigenvalue weighted by atomic mass is 10.0. The minimum Gasteiger partial charge on any atom is -0.274 e. The number of hydrogen-bond acceptors (Lipinski definition) is 2. The second-order valence-electron chi connectivity index (χ2n) is 6.04. The molecule has 3 nitrogen and oxygen atoms in total. The van der Waals surface area contributed by atoms with Gasteiger partial charge in [0.2, 0.25) is 5.91 Å². The van der Waals surface area contributed by atoms with Crippen molar-refractivity contribution < 1.29 is 9.59 Å². The summed E-state index contributed by atoms with van der Waals surface area (Å²) in [4.78, 5) is 26.0. The van der Waals surface area contributed by atoms with Crippen molar-refractivity contribution in [3.63, 3.8) is 0 Å². The second-order valence-corrected chi connectivity index (χ2v) is 6.04. The van der Waals surface area contributed by atoms with Gasteiger partial charge in [0.15, 0.2) is 0 Å². The van der Waals surface area contributed by atoms with Crippen LogP contribution in [0.15, 0.2) is 60.2 Å². The normalized spacial score (nSPS) is 16.7. The van der Waals surface area contributed by atoms with Crippen LogP contribution in [0.1, 0.15) is 37.3 Å². The van der Waals surface area contributed by atoms with Crippen LogP contribution in [-0.2, 0) is 9.59 Å². The average Bonchev–Trinajstić information content (AvgIpc) is 2.82. The monoisotopic (exact) mass is 305 g/mol. The summed E-state index contributed by atoms with van der Waals surface area (Å²) in [6.45, 7) is 4.29. The molecule has 0 N–H and O–H groups in total. The molecular weight excluding hydrogens is 286 g/mol. The molecule has 116 valence electrons.